The Bertz CT molecular complexity index is 727. The van der Waals surface area contributed by atoms with Gasteiger partial charge in [-0.15, -0.1) is 0 Å². The molecular formula is C16H20BClN4O2. The molecule has 0 fully saturated rings. The van der Waals surface area contributed by atoms with Crippen LogP contribution < -0.4 is 16.1 Å². The SMILES string of the molecule is CCC(CC)Nc1nc(Nc2ccc3c(c2)COB3O)ncc1Cl. The van der Waals surface area contributed by atoms with Crippen LogP contribution in [0.1, 0.15) is 32.3 Å². The van der Waals surface area contributed by atoms with Crippen molar-refractivity contribution in [3.63, 3.8) is 0 Å². The maximum Gasteiger partial charge on any atom is 0.491 e. The van der Waals surface area contributed by atoms with Crippen LogP contribution in [0.2, 0.25) is 5.02 Å². The van der Waals surface area contributed by atoms with Crippen molar-refractivity contribution < 1.29 is 9.68 Å². The van der Waals surface area contributed by atoms with Gasteiger partial charge >= 0.3 is 7.12 Å². The predicted molar refractivity (Wildman–Crippen MR) is 97.2 cm³/mol. The fraction of sp³-hybridized carbons (Fsp3) is 0.375. The van der Waals surface area contributed by atoms with Crippen LogP contribution in [-0.2, 0) is 11.3 Å². The molecule has 0 atom stereocenters. The number of fused-ring (bicyclic) bond motifs is 1. The standard InChI is InChI=1S/C16H20BClN4O2/c1-3-11(4-2)20-15-14(18)8-19-16(22-15)21-12-5-6-13-10(7-12)9-24-17(13)23/h5-8,11,23H,3-4,9H2,1-2H3,(H2,19,20,21,22). The summed E-state index contributed by atoms with van der Waals surface area (Å²) in [7, 11) is -0.836. The lowest BCUT2D eigenvalue weighted by atomic mass is 9.79. The topological polar surface area (TPSA) is 79.3 Å². The average molecular weight is 347 g/mol. The summed E-state index contributed by atoms with van der Waals surface area (Å²) in [4.78, 5) is 8.69. The van der Waals surface area contributed by atoms with Crippen molar-refractivity contribution >= 4 is 41.6 Å². The van der Waals surface area contributed by atoms with Crippen molar-refractivity contribution in [2.24, 2.45) is 0 Å². The second-order valence-corrected chi connectivity index (χ2v) is 6.16. The first-order chi connectivity index (χ1) is 11.6. The number of hydrogen-bond acceptors (Lipinski definition) is 6. The van der Waals surface area contributed by atoms with E-state index in [1.165, 1.54) is 0 Å². The van der Waals surface area contributed by atoms with Crippen molar-refractivity contribution in [1.29, 1.82) is 0 Å². The first-order valence-corrected chi connectivity index (χ1v) is 8.47. The van der Waals surface area contributed by atoms with Gasteiger partial charge in [-0.2, -0.15) is 4.98 Å². The molecule has 3 rings (SSSR count). The van der Waals surface area contributed by atoms with Crippen molar-refractivity contribution in [2.75, 3.05) is 10.6 Å². The van der Waals surface area contributed by atoms with E-state index >= 15 is 0 Å². The number of benzene rings is 1. The van der Waals surface area contributed by atoms with Gasteiger partial charge in [-0.3, -0.25) is 0 Å². The van der Waals surface area contributed by atoms with Crippen LogP contribution in [0.5, 0.6) is 0 Å². The van der Waals surface area contributed by atoms with E-state index in [1.54, 1.807) is 6.20 Å². The Kier molecular flexibility index (Phi) is 5.23. The summed E-state index contributed by atoms with van der Waals surface area (Å²) in [6.07, 6.45) is 3.57. The Morgan fingerprint density at radius 1 is 1.38 bits per heavy atom. The van der Waals surface area contributed by atoms with Gasteiger partial charge in [0.05, 0.1) is 12.8 Å². The predicted octanol–water partition coefficient (Wildman–Crippen LogP) is 2.69. The molecule has 1 aliphatic heterocycles. The van der Waals surface area contributed by atoms with Gasteiger partial charge in [-0.05, 0) is 36.0 Å². The van der Waals surface area contributed by atoms with E-state index in [-0.39, 0.29) is 0 Å². The summed E-state index contributed by atoms with van der Waals surface area (Å²) in [5.41, 5.74) is 2.59. The van der Waals surface area contributed by atoms with E-state index in [4.69, 9.17) is 16.3 Å². The molecule has 24 heavy (non-hydrogen) atoms. The molecule has 1 aromatic carbocycles. The molecule has 0 unspecified atom stereocenters. The van der Waals surface area contributed by atoms with Gasteiger partial charge in [-0.25, -0.2) is 4.98 Å². The smallest absolute Gasteiger partial charge is 0.423 e. The Morgan fingerprint density at radius 3 is 2.92 bits per heavy atom. The number of halogens is 1. The molecule has 126 valence electrons. The van der Waals surface area contributed by atoms with Crippen LogP contribution in [0, 0.1) is 0 Å². The van der Waals surface area contributed by atoms with Gasteiger partial charge in [0.1, 0.15) is 5.02 Å². The number of anilines is 3. The Balaban J connectivity index is 1.78. The van der Waals surface area contributed by atoms with Gasteiger partial charge in [0.25, 0.3) is 0 Å². The van der Waals surface area contributed by atoms with E-state index in [2.05, 4.69) is 34.4 Å². The molecule has 0 aliphatic carbocycles. The van der Waals surface area contributed by atoms with Crippen LogP contribution in [0.25, 0.3) is 0 Å². The van der Waals surface area contributed by atoms with Crippen LogP contribution in [-0.4, -0.2) is 28.2 Å². The van der Waals surface area contributed by atoms with Gasteiger partial charge in [0.15, 0.2) is 5.82 Å². The molecule has 0 amide bonds. The highest BCUT2D eigenvalue weighted by molar-refractivity contribution is 6.61. The quantitative estimate of drug-likeness (QED) is 0.698. The fourth-order valence-electron chi connectivity index (χ4n) is 2.65. The Hall–Kier alpha value is -1.83. The second-order valence-electron chi connectivity index (χ2n) is 5.75. The molecule has 0 saturated heterocycles. The zero-order valence-electron chi connectivity index (χ0n) is 13.7. The fourth-order valence-corrected chi connectivity index (χ4v) is 2.80. The third-order valence-corrected chi connectivity index (χ3v) is 4.41. The number of nitrogens with one attached hydrogen (secondary N) is 2. The highest BCUT2D eigenvalue weighted by Gasteiger charge is 2.27. The lowest BCUT2D eigenvalue weighted by Crippen LogP contribution is -2.27. The summed E-state index contributed by atoms with van der Waals surface area (Å²) in [6.45, 7) is 4.64. The minimum absolute atomic E-state index is 0.323. The molecule has 8 heteroatoms. The molecule has 1 aliphatic rings. The molecule has 0 bridgehead atoms. The largest absolute Gasteiger partial charge is 0.491 e. The van der Waals surface area contributed by atoms with E-state index in [1.807, 2.05) is 18.2 Å². The molecule has 3 N–H and O–H groups in total. The molecule has 2 heterocycles. The molecular weight excluding hydrogens is 326 g/mol. The van der Waals surface area contributed by atoms with E-state index in [0.29, 0.717) is 29.4 Å². The normalized spacial score (nSPS) is 13.3. The van der Waals surface area contributed by atoms with Crippen molar-refractivity contribution in [1.82, 2.24) is 9.97 Å². The second kappa shape index (κ2) is 7.38. The summed E-state index contributed by atoms with van der Waals surface area (Å²) < 4.78 is 5.20. The minimum atomic E-state index is -0.836. The number of hydrogen-bond donors (Lipinski definition) is 3. The number of aromatic nitrogens is 2. The third kappa shape index (κ3) is 3.63. The zero-order valence-corrected chi connectivity index (χ0v) is 14.5. The lowest BCUT2D eigenvalue weighted by molar-refractivity contribution is 0.275. The Labute approximate surface area is 146 Å². The van der Waals surface area contributed by atoms with Crippen LogP contribution in [0.3, 0.4) is 0 Å². The average Bonchev–Trinajstić information content (AvgIpc) is 2.96. The van der Waals surface area contributed by atoms with E-state index < -0.39 is 7.12 Å². The molecule has 0 spiro atoms. The number of rotatable bonds is 6. The van der Waals surface area contributed by atoms with Gasteiger partial charge in [0, 0.05) is 11.7 Å². The molecule has 2 aromatic rings. The summed E-state index contributed by atoms with van der Waals surface area (Å²) >= 11 is 6.19. The first-order valence-electron chi connectivity index (χ1n) is 8.09. The molecule has 0 saturated carbocycles. The molecule has 6 nitrogen and oxygen atoms in total. The monoisotopic (exact) mass is 346 g/mol. The van der Waals surface area contributed by atoms with Gasteiger partial charge in [-0.1, -0.05) is 31.5 Å². The third-order valence-electron chi connectivity index (χ3n) is 4.13. The van der Waals surface area contributed by atoms with Crippen LogP contribution in [0.15, 0.2) is 24.4 Å². The summed E-state index contributed by atoms with van der Waals surface area (Å²) in [5.74, 6) is 1.09. The summed E-state index contributed by atoms with van der Waals surface area (Å²) in [5, 5.41) is 16.7. The molecule has 1 aromatic heterocycles. The van der Waals surface area contributed by atoms with Crippen molar-refractivity contribution in [3.8, 4) is 0 Å². The van der Waals surface area contributed by atoms with E-state index in [9.17, 15) is 5.02 Å². The highest BCUT2D eigenvalue weighted by atomic mass is 35.5. The van der Waals surface area contributed by atoms with E-state index in [0.717, 1.165) is 29.6 Å². The van der Waals surface area contributed by atoms with Gasteiger partial charge < -0.3 is 20.3 Å². The zero-order chi connectivity index (χ0) is 17.1. The van der Waals surface area contributed by atoms with Crippen LogP contribution in [0.4, 0.5) is 17.5 Å². The maximum atomic E-state index is 9.67. The molecule has 0 radical (unpaired) electrons. The highest BCUT2D eigenvalue weighted by Crippen LogP contribution is 2.24. The first kappa shape index (κ1) is 17.0. The van der Waals surface area contributed by atoms with Gasteiger partial charge in [0.2, 0.25) is 5.95 Å². The van der Waals surface area contributed by atoms with Crippen molar-refractivity contribution in [3.05, 3.63) is 35.0 Å². The van der Waals surface area contributed by atoms with Crippen LogP contribution >= 0.6 is 11.6 Å². The van der Waals surface area contributed by atoms with Crippen molar-refractivity contribution in [2.45, 2.75) is 39.3 Å². The lowest BCUT2D eigenvalue weighted by Gasteiger charge is -2.17. The number of nitrogens with zero attached hydrogens (tertiary/aromatic N) is 2. The maximum absolute atomic E-state index is 9.67. The Morgan fingerprint density at radius 2 is 2.17 bits per heavy atom. The minimum Gasteiger partial charge on any atom is -0.423 e. The summed E-state index contributed by atoms with van der Waals surface area (Å²) in [6, 6.07) is 5.96.